The van der Waals surface area contributed by atoms with Gasteiger partial charge < -0.3 is 4.74 Å². The summed E-state index contributed by atoms with van der Waals surface area (Å²) in [6, 6.07) is 64.6. The summed E-state index contributed by atoms with van der Waals surface area (Å²) < 4.78 is 6.83. The van der Waals surface area contributed by atoms with Crippen LogP contribution < -0.4 is 4.74 Å². The second-order valence-electron chi connectivity index (χ2n) is 15.2. The van der Waals surface area contributed by atoms with Gasteiger partial charge in [-0.15, -0.1) is 0 Å². The number of rotatable bonds is 5. The van der Waals surface area contributed by atoms with Crippen molar-refractivity contribution in [1.29, 1.82) is 0 Å². The van der Waals surface area contributed by atoms with Gasteiger partial charge in [-0.05, 0) is 88.7 Å². The van der Waals surface area contributed by atoms with E-state index in [2.05, 4.69) is 189 Å². The van der Waals surface area contributed by atoms with Gasteiger partial charge in [-0.25, -0.2) is 9.97 Å². The second-order valence-corrected chi connectivity index (χ2v) is 15.2. The van der Waals surface area contributed by atoms with Gasteiger partial charge in [0.15, 0.2) is 5.82 Å². The summed E-state index contributed by atoms with van der Waals surface area (Å²) >= 11 is 0. The van der Waals surface area contributed by atoms with Crippen LogP contribution in [0.2, 0.25) is 0 Å². The number of fused-ring (bicyclic) bond motifs is 9. The number of para-hydroxylation sites is 1. The molecule has 9 aromatic rings. The topological polar surface area (TPSA) is 47.9 Å². The summed E-state index contributed by atoms with van der Waals surface area (Å²) in [6.07, 6.45) is 1.88. The lowest BCUT2D eigenvalue weighted by atomic mass is 9.66. The van der Waals surface area contributed by atoms with Crippen molar-refractivity contribution in [2.45, 2.75) is 19.3 Å². The van der Waals surface area contributed by atoms with Crippen LogP contribution in [0.3, 0.4) is 0 Å². The average Bonchev–Trinajstić information content (AvgIpc) is 3.56. The fourth-order valence-electron chi connectivity index (χ4n) is 9.28. The van der Waals surface area contributed by atoms with Crippen molar-refractivity contribution in [3.05, 3.63) is 222 Å². The molecule has 1 atom stereocenters. The number of ether oxygens (including phenoxy) is 1. The molecule has 4 heteroatoms. The summed E-state index contributed by atoms with van der Waals surface area (Å²) in [6.45, 7) is 4.22. The Morgan fingerprint density at radius 3 is 1.76 bits per heavy atom. The number of pyridine rings is 1. The summed E-state index contributed by atoms with van der Waals surface area (Å²) in [4.78, 5) is 15.1. The van der Waals surface area contributed by atoms with Gasteiger partial charge in [0.1, 0.15) is 11.5 Å². The minimum Gasteiger partial charge on any atom is -0.457 e. The largest absolute Gasteiger partial charge is 0.457 e. The zero-order valence-corrected chi connectivity index (χ0v) is 32.1. The number of hydrogen-bond donors (Lipinski definition) is 0. The van der Waals surface area contributed by atoms with Crippen LogP contribution >= 0.6 is 0 Å². The Balaban J connectivity index is 1.09. The molecule has 274 valence electrons. The Hall–Kier alpha value is -7.43. The molecule has 11 rings (SSSR count). The lowest BCUT2D eigenvalue weighted by Gasteiger charge is -2.39. The Kier molecular flexibility index (Phi) is 7.80. The average molecular weight is 744 g/mol. The minimum absolute atomic E-state index is 0.585. The van der Waals surface area contributed by atoms with E-state index in [1.807, 2.05) is 18.3 Å². The van der Waals surface area contributed by atoms with E-state index in [0.29, 0.717) is 5.82 Å². The molecule has 7 aromatic carbocycles. The normalized spacial score (nSPS) is 14.6. The molecular weight excluding hydrogens is 707 g/mol. The number of nitrogens with zero attached hydrogens (tertiary/aromatic N) is 3. The molecule has 1 aliphatic heterocycles. The highest BCUT2D eigenvalue weighted by molar-refractivity contribution is 5.91. The fourth-order valence-corrected chi connectivity index (χ4v) is 9.28. The molecule has 0 bridgehead atoms. The minimum atomic E-state index is -0.585. The maximum atomic E-state index is 6.83. The monoisotopic (exact) mass is 743 g/mol. The lowest BCUT2D eigenvalue weighted by Crippen LogP contribution is -2.32. The maximum Gasteiger partial charge on any atom is 0.160 e. The lowest BCUT2D eigenvalue weighted by molar-refractivity contribution is 0.436. The highest BCUT2D eigenvalue weighted by Crippen LogP contribution is 2.62. The smallest absolute Gasteiger partial charge is 0.160 e. The Morgan fingerprint density at radius 1 is 0.414 bits per heavy atom. The molecule has 2 aliphatic rings. The van der Waals surface area contributed by atoms with Crippen LogP contribution in [-0.2, 0) is 5.41 Å². The molecule has 0 fully saturated rings. The highest BCUT2D eigenvalue weighted by atomic mass is 16.5. The van der Waals surface area contributed by atoms with Gasteiger partial charge in [-0.3, -0.25) is 4.98 Å². The molecule has 3 heterocycles. The predicted molar refractivity (Wildman–Crippen MR) is 234 cm³/mol. The first kappa shape index (κ1) is 33.9. The molecule has 58 heavy (non-hydrogen) atoms. The quantitative estimate of drug-likeness (QED) is 0.176. The van der Waals surface area contributed by atoms with E-state index in [1.54, 1.807) is 0 Å². The standard InChI is InChI=1S/C54H37N3O/c1-34-29-30-55-35(2)52(34)41-26-28-47-51(32-41)58-50-20-12-11-19-46(50)54(47)44-18-10-9-17-42(44)43-31-40(25-27-45(43)54)49-33-48(38-15-7-4-8-16-38)56-53(57-49)39-23-21-37(22-24-39)36-13-5-3-6-14-36/h3-33H,1-2H3. The van der Waals surface area contributed by atoms with E-state index in [9.17, 15) is 0 Å². The summed E-state index contributed by atoms with van der Waals surface area (Å²) in [5, 5.41) is 0. The number of aromatic nitrogens is 3. The zero-order chi connectivity index (χ0) is 38.8. The van der Waals surface area contributed by atoms with Crippen LogP contribution in [0.5, 0.6) is 11.5 Å². The van der Waals surface area contributed by atoms with Gasteiger partial charge in [0, 0.05) is 45.3 Å². The molecule has 1 aliphatic carbocycles. The SMILES string of the molecule is Cc1ccnc(C)c1-c1ccc2c(c1)Oc1ccccc1C21c2ccccc2-c2cc(-c3cc(-c4ccccc4)nc(-c4ccc(-c5ccccc5)cc4)n3)ccc21. The van der Waals surface area contributed by atoms with Gasteiger partial charge in [0.05, 0.1) is 16.8 Å². The highest BCUT2D eigenvalue weighted by Gasteiger charge is 2.51. The van der Waals surface area contributed by atoms with Crippen molar-refractivity contribution in [2.75, 3.05) is 0 Å². The fraction of sp³-hybridized carbons (Fsp3) is 0.0556. The van der Waals surface area contributed by atoms with Crippen LogP contribution in [-0.4, -0.2) is 15.0 Å². The van der Waals surface area contributed by atoms with Crippen molar-refractivity contribution in [1.82, 2.24) is 15.0 Å². The molecule has 0 N–H and O–H groups in total. The van der Waals surface area contributed by atoms with Crippen molar-refractivity contribution < 1.29 is 4.74 Å². The van der Waals surface area contributed by atoms with Crippen LogP contribution in [0.15, 0.2) is 188 Å². The van der Waals surface area contributed by atoms with Gasteiger partial charge >= 0.3 is 0 Å². The Bertz CT molecular complexity index is 3030. The summed E-state index contributed by atoms with van der Waals surface area (Å²) in [5.74, 6) is 2.41. The summed E-state index contributed by atoms with van der Waals surface area (Å²) in [7, 11) is 0. The molecule has 1 unspecified atom stereocenters. The molecule has 1 spiro atoms. The van der Waals surface area contributed by atoms with Crippen molar-refractivity contribution >= 4 is 0 Å². The molecule has 2 aromatic heterocycles. The van der Waals surface area contributed by atoms with Gasteiger partial charge in [-0.1, -0.05) is 152 Å². The third kappa shape index (κ3) is 5.26. The molecule has 0 amide bonds. The zero-order valence-electron chi connectivity index (χ0n) is 32.1. The van der Waals surface area contributed by atoms with Crippen LogP contribution in [0.4, 0.5) is 0 Å². The van der Waals surface area contributed by atoms with Crippen molar-refractivity contribution in [3.63, 3.8) is 0 Å². The number of benzene rings is 7. The van der Waals surface area contributed by atoms with E-state index in [-0.39, 0.29) is 0 Å². The third-order valence-electron chi connectivity index (χ3n) is 11.9. The first-order chi connectivity index (χ1) is 28.6. The van der Waals surface area contributed by atoms with Gasteiger partial charge in [0.2, 0.25) is 0 Å². The molecule has 0 saturated heterocycles. The van der Waals surface area contributed by atoms with Crippen LogP contribution in [0, 0.1) is 13.8 Å². The van der Waals surface area contributed by atoms with E-state index in [4.69, 9.17) is 14.7 Å². The van der Waals surface area contributed by atoms with Gasteiger partial charge in [0.25, 0.3) is 0 Å². The first-order valence-corrected chi connectivity index (χ1v) is 19.8. The van der Waals surface area contributed by atoms with Crippen molar-refractivity contribution in [3.8, 4) is 78.8 Å². The van der Waals surface area contributed by atoms with Gasteiger partial charge in [-0.2, -0.15) is 0 Å². The molecule has 4 nitrogen and oxygen atoms in total. The number of hydrogen-bond acceptors (Lipinski definition) is 4. The predicted octanol–water partition coefficient (Wildman–Crippen LogP) is 13.3. The van der Waals surface area contributed by atoms with E-state index >= 15 is 0 Å². The molecule has 0 radical (unpaired) electrons. The van der Waals surface area contributed by atoms with Crippen LogP contribution in [0.1, 0.15) is 33.5 Å². The number of aryl methyl sites for hydroxylation is 2. The Labute approximate surface area is 338 Å². The first-order valence-electron chi connectivity index (χ1n) is 19.8. The maximum absolute atomic E-state index is 6.83. The van der Waals surface area contributed by atoms with E-state index < -0.39 is 5.41 Å². The molecular formula is C54H37N3O. The Morgan fingerprint density at radius 2 is 0.983 bits per heavy atom. The van der Waals surface area contributed by atoms with Crippen LogP contribution in [0.25, 0.3) is 67.3 Å². The van der Waals surface area contributed by atoms with E-state index in [0.717, 1.165) is 73.1 Å². The van der Waals surface area contributed by atoms with Crippen molar-refractivity contribution in [2.24, 2.45) is 0 Å². The second kappa shape index (κ2) is 13.4. The molecule has 0 saturated carbocycles. The summed E-state index contributed by atoms with van der Waals surface area (Å²) in [5.41, 5.74) is 18.1. The third-order valence-corrected chi connectivity index (χ3v) is 11.9. The van der Waals surface area contributed by atoms with E-state index in [1.165, 1.54) is 33.4 Å².